The molecule has 0 aromatic heterocycles. The van der Waals surface area contributed by atoms with Gasteiger partial charge in [0.2, 0.25) is 10.0 Å². The third-order valence-electron chi connectivity index (χ3n) is 4.31. The molecule has 0 saturated carbocycles. The molecular formula is C21H20N2O4S. The number of anilines is 1. The van der Waals surface area contributed by atoms with Crippen LogP contribution in [0.1, 0.15) is 27.0 Å². The van der Waals surface area contributed by atoms with Crippen molar-refractivity contribution >= 4 is 21.7 Å². The lowest BCUT2D eigenvalue weighted by molar-refractivity contribution is 0.0696. The van der Waals surface area contributed by atoms with E-state index in [2.05, 4.69) is 5.32 Å². The van der Waals surface area contributed by atoms with Crippen LogP contribution in [-0.4, -0.2) is 19.5 Å². The third kappa shape index (κ3) is 4.76. The predicted octanol–water partition coefficient (Wildman–Crippen LogP) is 3.24. The number of nitrogens with two attached hydrogens (primary N) is 1. The van der Waals surface area contributed by atoms with Gasteiger partial charge >= 0.3 is 5.97 Å². The van der Waals surface area contributed by atoms with E-state index in [1.807, 2.05) is 60.7 Å². The molecule has 7 heteroatoms. The van der Waals surface area contributed by atoms with Crippen molar-refractivity contribution in [2.75, 3.05) is 5.32 Å². The second-order valence-corrected chi connectivity index (χ2v) is 7.88. The number of carboxylic acids is 1. The van der Waals surface area contributed by atoms with Crippen LogP contribution in [-0.2, 0) is 23.0 Å². The average Bonchev–Trinajstić information content (AvgIpc) is 2.67. The molecule has 3 aromatic rings. The Bertz CT molecular complexity index is 1080. The van der Waals surface area contributed by atoms with Crippen LogP contribution in [0, 0.1) is 0 Å². The average molecular weight is 396 g/mol. The van der Waals surface area contributed by atoms with E-state index >= 15 is 0 Å². The number of aromatic carboxylic acids is 1. The maximum Gasteiger partial charge on any atom is 0.335 e. The van der Waals surface area contributed by atoms with Crippen molar-refractivity contribution in [2.24, 2.45) is 5.14 Å². The summed E-state index contributed by atoms with van der Waals surface area (Å²) in [5.41, 5.74) is 2.59. The van der Waals surface area contributed by atoms with E-state index in [4.69, 9.17) is 5.14 Å². The molecule has 0 fully saturated rings. The highest BCUT2D eigenvalue weighted by molar-refractivity contribution is 7.89. The molecule has 0 saturated heterocycles. The molecule has 28 heavy (non-hydrogen) atoms. The Morgan fingerprint density at radius 3 is 2.04 bits per heavy atom. The minimum absolute atomic E-state index is 0.142. The van der Waals surface area contributed by atoms with Crippen molar-refractivity contribution in [3.63, 3.8) is 0 Å². The molecule has 3 rings (SSSR count). The number of hydrogen-bond acceptors (Lipinski definition) is 4. The number of sulfonamides is 1. The standard InChI is InChI=1S/C21H20N2O4S/c22-28(26,27)20-13-17(21(24)25)12-19(23-14-16-9-5-2-6-10-16)18(20)11-15-7-3-1-4-8-15/h1-10,12-13,23H,11,14H2,(H,24,25)(H2,22,26,27). The summed E-state index contributed by atoms with van der Waals surface area (Å²) in [6.45, 7) is 0.412. The van der Waals surface area contributed by atoms with E-state index in [0.717, 1.165) is 17.2 Å². The topological polar surface area (TPSA) is 109 Å². The van der Waals surface area contributed by atoms with E-state index in [1.165, 1.54) is 6.07 Å². The zero-order valence-corrected chi connectivity index (χ0v) is 15.8. The summed E-state index contributed by atoms with van der Waals surface area (Å²) in [5.74, 6) is -1.22. The van der Waals surface area contributed by atoms with Gasteiger partial charge in [0.15, 0.2) is 0 Å². The number of nitrogens with one attached hydrogen (secondary N) is 1. The Morgan fingerprint density at radius 2 is 1.50 bits per heavy atom. The fraction of sp³-hybridized carbons (Fsp3) is 0.0952. The van der Waals surface area contributed by atoms with Crippen LogP contribution in [0.2, 0.25) is 0 Å². The Morgan fingerprint density at radius 1 is 0.929 bits per heavy atom. The number of carbonyl (C=O) groups is 1. The smallest absolute Gasteiger partial charge is 0.335 e. The van der Waals surface area contributed by atoms with E-state index in [0.29, 0.717) is 24.2 Å². The molecule has 3 aromatic carbocycles. The molecule has 4 N–H and O–H groups in total. The van der Waals surface area contributed by atoms with Crippen molar-refractivity contribution in [2.45, 2.75) is 17.9 Å². The quantitative estimate of drug-likeness (QED) is 0.568. The van der Waals surface area contributed by atoms with Gasteiger partial charge in [0.25, 0.3) is 0 Å². The van der Waals surface area contributed by atoms with Crippen LogP contribution in [0.25, 0.3) is 0 Å². The van der Waals surface area contributed by atoms with Crippen LogP contribution < -0.4 is 10.5 Å². The number of carboxylic acid groups (broad SMARTS) is 1. The highest BCUT2D eigenvalue weighted by atomic mass is 32.2. The maximum absolute atomic E-state index is 12.2. The lowest BCUT2D eigenvalue weighted by atomic mass is 10.0. The van der Waals surface area contributed by atoms with Gasteiger partial charge in [-0.1, -0.05) is 60.7 Å². The van der Waals surface area contributed by atoms with Crippen LogP contribution >= 0.6 is 0 Å². The molecule has 144 valence electrons. The number of benzene rings is 3. The van der Waals surface area contributed by atoms with Gasteiger partial charge in [-0.25, -0.2) is 18.4 Å². The Labute approximate surface area is 163 Å². The molecule has 0 aliphatic heterocycles. The number of hydrogen-bond donors (Lipinski definition) is 3. The maximum atomic E-state index is 12.2. The van der Waals surface area contributed by atoms with Gasteiger partial charge in [-0.15, -0.1) is 0 Å². The van der Waals surface area contributed by atoms with Crippen molar-refractivity contribution in [3.8, 4) is 0 Å². The first-order valence-electron chi connectivity index (χ1n) is 8.59. The Hall–Kier alpha value is -3.16. The van der Waals surface area contributed by atoms with Crippen LogP contribution in [0.3, 0.4) is 0 Å². The molecule has 0 aliphatic carbocycles. The van der Waals surface area contributed by atoms with E-state index in [9.17, 15) is 18.3 Å². The zero-order valence-electron chi connectivity index (χ0n) is 15.0. The first-order valence-corrected chi connectivity index (χ1v) is 10.1. The van der Waals surface area contributed by atoms with Gasteiger partial charge in [0, 0.05) is 18.7 Å². The molecule has 0 radical (unpaired) electrons. The largest absolute Gasteiger partial charge is 0.478 e. The molecule has 0 spiro atoms. The fourth-order valence-electron chi connectivity index (χ4n) is 2.96. The molecular weight excluding hydrogens is 376 g/mol. The second kappa shape index (κ2) is 8.24. The highest BCUT2D eigenvalue weighted by Crippen LogP contribution is 2.29. The summed E-state index contributed by atoms with van der Waals surface area (Å²) in [7, 11) is -4.12. The number of primary sulfonamides is 1. The summed E-state index contributed by atoms with van der Waals surface area (Å²) >= 11 is 0. The summed E-state index contributed by atoms with van der Waals surface area (Å²) in [4.78, 5) is 11.3. The monoisotopic (exact) mass is 396 g/mol. The van der Waals surface area contributed by atoms with E-state index in [1.54, 1.807) is 0 Å². The lowest BCUT2D eigenvalue weighted by Crippen LogP contribution is -2.18. The lowest BCUT2D eigenvalue weighted by Gasteiger charge is -2.17. The van der Waals surface area contributed by atoms with Crippen molar-refractivity contribution in [1.29, 1.82) is 0 Å². The SMILES string of the molecule is NS(=O)(=O)c1cc(C(=O)O)cc(NCc2ccccc2)c1Cc1ccccc1. The van der Waals surface area contributed by atoms with E-state index < -0.39 is 16.0 Å². The molecule has 0 bridgehead atoms. The predicted molar refractivity (Wildman–Crippen MR) is 108 cm³/mol. The third-order valence-corrected chi connectivity index (χ3v) is 5.29. The molecule has 0 aliphatic rings. The van der Waals surface area contributed by atoms with Crippen LogP contribution in [0.4, 0.5) is 5.69 Å². The second-order valence-electron chi connectivity index (χ2n) is 6.35. The minimum Gasteiger partial charge on any atom is -0.478 e. The van der Waals surface area contributed by atoms with E-state index in [-0.39, 0.29) is 10.5 Å². The minimum atomic E-state index is -4.12. The number of rotatable bonds is 7. The van der Waals surface area contributed by atoms with Crippen molar-refractivity contribution in [1.82, 2.24) is 0 Å². The Balaban J connectivity index is 2.10. The molecule has 6 nitrogen and oxygen atoms in total. The van der Waals surface area contributed by atoms with Crippen LogP contribution in [0.5, 0.6) is 0 Å². The fourth-order valence-corrected chi connectivity index (χ4v) is 3.77. The van der Waals surface area contributed by atoms with Crippen LogP contribution in [0.15, 0.2) is 77.7 Å². The first-order chi connectivity index (χ1) is 13.3. The summed E-state index contributed by atoms with van der Waals surface area (Å²) < 4.78 is 24.4. The summed E-state index contributed by atoms with van der Waals surface area (Å²) in [5, 5.41) is 18.0. The normalized spacial score (nSPS) is 11.2. The van der Waals surface area contributed by atoms with Crippen molar-refractivity contribution in [3.05, 3.63) is 95.1 Å². The van der Waals surface area contributed by atoms with Gasteiger partial charge in [-0.05, 0) is 28.8 Å². The zero-order chi connectivity index (χ0) is 20.1. The molecule has 0 atom stereocenters. The van der Waals surface area contributed by atoms with Crippen molar-refractivity contribution < 1.29 is 18.3 Å². The van der Waals surface area contributed by atoms with Gasteiger partial charge < -0.3 is 10.4 Å². The summed E-state index contributed by atoms with van der Waals surface area (Å²) in [6, 6.07) is 21.4. The molecule has 0 unspecified atom stereocenters. The first kappa shape index (κ1) is 19.6. The molecule has 0 heterocycles. The van der Waals surface area contributed by atoms with Gasteiger partial charge in [-0.2, -0.15) is 0 Å². The van der Waals surface area contributed by atoms with Gasteiger partial charge in [0.05, 0.1) is 10.5 Å². The summed E-state index contributed by atoms with van der Waals surface area (Å²) in [6.07, 6.45) is 0.295. The van der Waals surface area contributed by atoms with Gasteiger partial charge in [0.1, 0.15) is 0 Å². The highest BCUT2D eigenvalue weighted by Gasteiger charge is 2.21. The molecule has 0 amide bonds. The Kier molecular flexibility index (Phi) is 5.77. The van der Waals surface area contributed by atoms with Gasteiger partial charge in [-0.3, -0.25) is 0 Å².